The molecule has 0 bridgehead atoms. The number of hydrogen-bond donors (Lipinski definition) is 1. The van der Waals surface area contributed by atoms with E-state index in [9.17, 15) is 4.79 Å². The Balaban J connectivity index is 1.74. The molecule has 0 saturated heterocycles. The lowest BCUT2D eigenvalue weighted by Gasteiger charge is -2.04. The fourth-order valence-electron chi connectivity index (χ4n) is 2.10. The van der Waals surface area contributed by atoms with Crippen LogP contribution >= 0.6 is 0 Å². The first kappa shape index (κ1) is 12.4. The van der Waals surface area contributed by atoms with Gasteiger partial charge in [-0.05, 0) is 17.7 Å². The second-order valence-corrected chi connectivity index (χ2v) is 4.63. The molecule has 100 valence electrons. The van der Waals surface area contributed by atoms with E-state index in [1.165, 1.54) is 0 Å². The number of carbonyl (C=O) groups excluding carboxylic acids is 1. The summed E-state index contributed by atoms with van der Waals surface area (Å²) in [4.78, 5) is 16.2. The van der Waals surface area contributed by atoms with E-state index in [2.05, 4.69) is 10.3 Å². The molecule has 4 nitrogen and oxygen atoms in total. The highest BCUT2D eigenvalue weighted by Crippen LogP contribution is 2.20. The van der Waals surface area contributed by atoms with Gasteiger partial charge in [0.25, 0.3) is 0 Å². The Bertz CT molecular complexity index is 748. The molecule has 0 radical (unpaired) electrons. The van der Waals surface area contributed by atoms with E-state index in [1.54, 1.807) is 13.0 Å². The Labute approximate surface area is 116 Å². The lowest BCUT2D eigenvalue weighted by Crippen LogP contribution is -2.14. The molecule has 0 aliphatic heterocycles. The van der Waals surface area contributed by atoms with Gasteiger partial charge in [-0.25, -0.2) is 4.98 Å². The molecule has 3 rings (SSSR count). The summed E-state index contributed by atoms with van der Waals surface area (Å²) in [6.45, 7) is 1.80. The highest BCUT2D eigenvalue weighted by Gasteiger charge is 2.07. The van der Waals surface area contributed by atoms with Crippen molar-refractivity contribution < 1.29 is 9.21 Å². The molecule has 1 aromatic heterocycles. The number of amides is 1. The maximum Gasteiger partial charge on any atom is 0.228 e. The van der Waals surface area contributed by atoms with Crippen LogP contribution in [0.3, 0.4) is 0 Å². The number of aromatic nitrogens is 1. The fraction of sp³-hybridized carbons (Fsp3) is 0.125. The Kier molecular flexibility index (Phi) is 3.21. The Hall–Kier alpha value is -2.62. The smallest absolute Gasteiger partial charge is 0.228 e. The summed E-state index contributed by atoms with van der Waals surface area (Å²) in [5.74, 6) is 0.569. The van der Waals surface area contributed by atoms with Crippen LogP contribution in [0.15, 0.2) is 52.9 Å². The van der Waals surface area contributed by atoms with E-state index in [0.29, 0.717) is 17.9 Å². The molecule has 0 saturated carbocycles. The van der Waals surface area contributed by atoms with Gasteiger partial charge in [-0.15, -0.1) is 0 Å². The van der Waals surface area contributed by atoms with E-state index in [-0.39, 0.29) is 5.91 Å². The summed E-state index contributed by atoms with van der Waals surface area (Å²) in [6.07, 6.45) is 0.355. The average Bonchev–Trinajstić information content (AvgIpc) is 2.79. The van der Waals surface area contributed by atoms with Crippen LogP contribution in [0.5, 0.6) is 0 Å². The molecule has 0 spiro atoms. The number of anilines is 1. The summed E-state index contributed by atoms with van der Waals surface area (Å²) < 4.78 is 5.45. The van der Waals surface area contributed by atoms with Crippen molar-refractivity contribution in [3.63, 3.8) is 0 Å². The second-order valence-electron chi connectivity index (χ2n) is 4.63. The predicted molar refractivity (Wildman–Crippen MR) is 77.5 cm³/mol. The Morgan fingerprint density at radius 2 is 2.00 bits per heavy atom. The minimum Gasteiger partial charge on any atom is -0.441 e. The zero-order chi connectivity index (χ0) is 13.9. The SMILES string of the molecule is Cc1nc2ccc(NC(=O)Cc3ccccc3)cc2o1. The zero-order valence-corrected chi connectivity index (χ0v) is 11.1. The van der Waals surface area contributed by atoms with Crippen molar-refractivity contribution in [3.05, 3.63) is 60.0 Å². The van der Waals surface area contributed by atoms with Crippen molar-refractivity contribution >= 4 is 22.7 Å². The predicted octanol–water partition coefficient (Wildman–Crippen LogP) is 3.32. The number of nitrogens with one attached hydrogen (secondary N) is 1. The number of fused-ring (bicyclic) bond motifs is 1. The normalized spacial score (nSPS) is 10.7. The maximum atomic E-state index is 12.0. The van der Waals surface area contributed by atoms with Gasteiger partial charge in [0.2, 0.25) is 5.91 Å². The molecule has 0 atom stereocenters. The third-order valence-corrected chi connectivity index (χ3v) is 2.99. The number of benzene rings is 2. The van der Waals surface area contributed by atoms with Crippen LogP contribution in [0.2, 0.25) is 0 Å². The summed E-state index contributed by atoms with van der Waals surface area (Å²) in [5.41, 5.74) is 3.18. The molecular weight excluding hydrogens is 252 g/mol. The molecule has 20 heavy (non-hydrogen) atoms. The van der Waals surface area contributed by atoms with E-state index >= 15 is 0 Å². The minimum absolute atomic E-state index is 0.0493. The van der Waals surface area contributed by atoms with Crippen LogP contribution in [-0.2, 0) is 11.2 Å². The minimum atomic E-state index is -0.0493. The van der Waals surface area contributed by atoms with Gasteiger partial charge in [-0.3, -0.25) is 4.79 Å². The van der Waals surface area contributed by atoms with Crippen molar-refractivity contribution in [2.24, 2.45) is 0 Å². The van der Waals surface area contributed by atoms with E-state index in [0.717, 1.165) is 16.8 Å². The van der Waals surface area contributed by atoms with Crippen molar-refractivity contribution in [1.82, 2.24) is 4.98 Å². The van der Waals surface area contributed by atoms with Crippen molar-refractivity contribution in [1.29, 1.82) is 0 Å². The molecule has 0 unspecified atom stereocenters. The van der Waals surface area contributed by atoms with Gasteiger partial charge < -0.3 is 9.73 Å². The van der Waals surface area contributed by atoms with Gasteiger partial charge in [0.15, 0.2) is 11.5 Å². The van der Waals surface area contributed by atoms with Gasteiger partial charge in [0.1, 0.15) is 5.52 Å². The van der Waals surface area contributed by atoms with Gasteiger partial charge in [-0.1, -0.05) is 30.3 Å². The lowest BCUT2D eigenvalue weighted by atomic mass is 10.1. The molecule has 4 heteroatoms. The third kappa shape index (κ3) is 2.69. The molecular formula is C16H14N2O2. The monoisotopic (exact) mass is 266 g/mol. The van der Waals surface area contributed by atoms with E-state index < -0.39 is 0 Å². The lowest BCUT2D eigenvalue weighted by molar-refractivity contribution is -0.115. The van der Waals surface area contributed by atoms with Crippen LogP contribution in [0.1, 0.15) is 11.5 Å². The van der Waals surface area contributed by atoms with Crippen LogP contribution < -0.4 is 5.32 Å². The molecule has 0 aliphatic rings. The van der Waals surface area contributed by atoms with Gasteiger partial charge >= 0.3 is 0 Å². The topological polar surface area (TPSA) is 55.1 Å². The number of nitrogens with zero attached hydrogens (tertiary/aromatic N) is 1. The maximum absolute atomic E-state index is 12.0. The molecule has 1 heterocycles. The number of rotatable bonds is 3. The van der Waals surface area contributed by atoms with Crippen LogP contribution in [0, 0.1) is 6.92 Å². The van der Waals surface area contributed by atoms with Crippen LogP contribution in [0.4, 0.5) is 5.69 Å². The first-order valence-electron chi connectivity index (χ1n) is 6.42. The first-order valence-corrected chi connectivity index (χ1v) is 6.42. The van der Waals surface area contributed by atoms with E-state index in [4.69, 9.17) is 4.42 Å². The average molecular weight is 266 g/mol. The Morgan fingerprint density at radius 1 is 1.20 bits per heavy atom. The Morgan fingerprint density at radius 3 is 2.80 bits per heavy atom. The standard InChI is InChI=1S/C16H14N2O2/c1-11-17-14-8-7-13(10-15(14)20-11)18-16(19)9-12-5-3-2-4-6-12/h2-8,10H,9H2,1H3,(H,18,19). The zero-order valence-electron chi connectivity index (χ0n) is 11.1. The molecule has 2 aromatic carbocycles. The number of oxazole rings is 1. The quantitative estimate of drug-likeness (QED) is 0.791. The number of hydrogen-bond acceptors (Lipinski definition) is 3. The summed E-state index contributed by atoms with van der Waals surface area (Å²) >= 11 is 0. The summed E-state index contributed by atoms with van der Waals surface area (Å²) in [6, 6.07) is 15.1. The fourth-order valence-corrected chi connectivity index (χ4v) is 2.10. The summed E-state index contributed by atoms with van der Waals surface area (Å²) in [5, 5.41) is 2.87. The molecule has 0 fully saturated rings. The van der Waals surface area contributed by atoms with Gasteiger partial charge in [-0.2, -0.15) is 0 Å². The number of carbonyl (C=O) groups is 1. The highest BCUT2D eigenvalue weighted by atomic mass is 16.3. The molecule has 3 aromatic rings. The second kappa shape index (κ2) is 5.17. The van der Waals surface area contributed by atoms with Crippen LogP contribution in [0.25, 0.3) is 11.1 Å². The van der Waals surface area contributed by atoms with Crippen molar-refractivity contribution in [3.8, 4) is 0 Å². The number of aryl methyl sites for hydroxylation is 1. The van der Waals surface area contributed by atoms with E-state index in [1.807, 2.05) is 42.5 Å². The first-order chi connectivity index (χ1) is 9.70. The van der Waals surface area contributed by atoms with Crippen molar-refractivity contribution in [2.75, 3.05) is 5.32 Å². The van der Waals surface area contributed by atoms with Crippen LogP contribution in [-0.4, -0.2) is 10.9 Å². The van der Waals surface area contributed by atoms with Gasteiger partial charge in [0.05, 0.1) is 6.42 Å². The molecule has 1 N–H and O–H groups in total. The summed E-state index contributed by atoms with van der Waals surface area (Å²) in [7, 11) is 0. The molecule has 1 amide bonds. The van der Waals surface area contributed by atoms with Gasteiger partial charge in [0, 0.05) is 18.7 Å². The largest absolute Gasteiger partial charge is 0.441 e. The van der Waals surface area contributed by atoms with Crippen molar-refractivity contribution in [2.45, 2.75) is 13.3 Å². The highest BCUT2D eigenvalue weighted by molar-refractivity contribution is 5.94. The molecule has 0 aliphatic carbocycles. The third-order valence-electron chi connectivity index (χ3n) is 2.99.